The average Bonchev–Trinajstić information content (AvgIpc) is 2.49. The fourth-order valence-electron chi connectivity index (χ4n) is 2.93. The number of hydrogen-bond donors (Lipinski definition) is 2. The summed E-state index contributed by atoms with van der Waals surface area (Å²) in [6, 6.07) is 5.09. The van der Waals surface area contributed by atoms with Gasteiger partial charge >= 0.3 is 0 Å². The minimum absolute atomic E-state index is 0.000531. The molecule has 2 rings (SSSR count). The summed E-state index contributed by atoms with van der Waals surface area (Å²) in [4.78, 5) is 14.8. The molecule has 3 N–H and O–H groups in total. The molecule has 1 amide bonds. The number of carbonyl (C=O) groups is 1. The molecule has 23 heavy (non-hydrogen) atoms. The normalized spacial score (nSPS) is 22.4. The molecule has 5 nitrogen and oxygen atoms in total. The average molecular weight is 340 g/mol. The quantitative estimate of drug-likeness (QED) is 0.885. The third-order valence-electron chi connectivity index (χ3n) is 4.69. The molecule has 0 spiro atoms. The van der Waals surface area contributed by atoms with Gasteiger partial charge in [0, 0.05) is 24.2 Å². The monoisotopic (exact) mass is 339 g/mol. The van der Waals surface area contributed by atoms with Gasteiger partial charge < -0.3 is 15.8 Å². The maximum Gasteiger partial charge on any atom is 0.241 e. The van der Waals surface area contributed by atoms with E-state index in [0.29, 0.717) is 16.5 Å². The number of hydrogen-bond acceptors (Lipinski definition) is 4. The lowest BCUT2D eigenvalue weighted by molar-refractivity contribution is -0.122. The van der Waals surface area contributed by atoms with E-state index in [1.807, 2.05) is 6.92 Å². The summed E-state index contributed by atoms with van der Waals surface area (Å²) in [6.07, 6.45) is 0.894. The van der Waals surface area contributed by atoms with Crippen molar-refractivity contribution in [2.24, 2.45) is 11.1 Å². The highest BCUT2D eigenvalue weighted by molar-refractivity contribution is 6.31. The number of nitrogens with two attached hydrogens (primary N) is 1. The van der Waals surface area contributed by atoms with Crippen molar-refractivity contribution in [3.63, 3.8) is 0 Å². The van der Waals surface area contributed by atoms with Crippen molar-refractivity contribution in [1.29, 1.82) is 0 Å². The molecule has 2 atom stereocenters. The Bertz CT molecular complexity index is 577. The first-order valence-electron chi connectivity index (χ1n) is 7.88. The van der Waals surface area contributed by atoms with Crippen LogP contribution in [-0.2, 0) is 4.79 Å². The van der Waals surface area contributed by atoms with Crippen LogP contribution in [0.25, 0.3) is 0 Å². The van der Waals surface area contributed by atoms with Crippen molar-refractivity contribution in [3.8, 4) is 5.75 Å². The van der Waals surface area contributed by atoms with E-state index in [9.17, 15) is 4.79 Å². The van der Waals surface area contributed by atoms with Crippen LogP contribution in [0.15, 0.2) is 18.2 Å². The van der Waals surface area contributed by atoms with E-state index >= 15 is 0 Å². The molecule has 0 radical (unpaired) electrons. The van der Waals surface area contributed by atoms with Crippen LogP contribution in [0.4, 0.5) is 5.69 Å². The number of likely N-dealkylation sites (tertiary alicyclic amines) is 1. The molecule has 2 unspecified atom stereocenters. The van der Waals surface area contributed by atoms with Crippen LogP contribution in [0.2, 0.25) is 5.02 Å². The fourth-order valence-corrected chi connectivity index (χ4v) is 3.10. The number of halogens is 1. The number of piperidine rings is 1. The van der Waals surface area contributed by atoms with Crippen LogP contribution in [0.3, 0.4) is 0 Å². The van der Waals surface area contributed by atoms with Crippen molar-refractivity contribution >= 4 is 23.2 Å². The van der Waals surface area contributed by atoms with Gasteiger partial charge in [0.25, 0.3) is 0 Å². The Morgan fingerprint density at radius 2 is 2.22 bits per heavy atom. The molecule has 1 fully saturated rings. The van der Waals surface area contributed by atoms with Gasteiger partial charge in [-0.15, -0.1) is 0 Å². The Labute approximate surface area is 143 Å². The first-order chi connectivity index (χ1) is 10.7. The third-order valence-corrected chi connectivity index (χ3v) is 4.92. The number of nitrogens with zero attached hydrogens (tertiary/aromatic N) is 1. The zero-order valence-corrected chi connectivity index (χ0v) is 15.0. The molecule has 0 saturated carbocycles. The lowest BCUT2D eigenvalue weighted by atomic mass is 9.79. The number of carbonyl (C=O) groups excluding carboxylic acids is 1. The molecule has 1 heterocycles. The largest absolute Gasteiger partial charge is 0.495 e. The molecule has 0 aromatic heterocycles. The van der Waals surface area contributed by atoms with Gasteiger partial charge in [-0.25, -0.2) is 0 Å². The lowest BCUT2D eigenvalue weighted by Gasteiger charge is -2.44. The Morgan fingerprint density at radius 3 is 2.83 bits per heavy atom. The van der Waals surface area contributed by atoms with Crippen LogP contribution in [0, 0.1) is 5.41 Å². The molecule has 6 heteroatoms. The molecule has 1 aliphatic rings. The Hall–Kier alpha value is -1.30. The summed E-state index contributed by atoms with van der Waals surface area (Å²) >= 11 is 6.01. The highest BCUT2D eigenvalue weighted by atomic mass is 35.5. The molecule has 1 aliphatic heterocycles. The molecule has 0 aliphatic carbocycles. The topological polar surface area (TPSA) is 67.6 Å². The molecule has 128 valence electrons. The third kappa shape index (κ3) is 4.16. The van der Waals surface area contributed by atoms with E-state index < -0.39 is 0 Å². The minimum Gasteiger partial charge on any atom is -0.495 e. The standard InChI is InChI=1S/C17H26ClN3O2/c1-11(21-8-7-15(19)17(2,3)10-21)16(22)20-13-9-12(18)5-6-14(13)23-4/h5-6,9,11,15H,7-8,10,19H2,1-4H3,(H,20,22). The van der Waals surface area contributed by atoms with Gasteiger partial charge in [0.15, 0.2) is 0 Å². The van der Waals surface area contributed by atoms with Gasteiger partial charge in [0.1, 0.15) is 5.75 Å². The Morgan fingerprint density at radius 1 is 1.52 bits per heavy atom. The number of benzene rings is 1. The lowest BCUT2D eigenvalue weighted by Crippen LogP contribution is -2.56. The van der Waals surface area contributed by atoms with E-state index in [1.165, 1.54) is 0 Å². The maximum atomic E-state index is 12.6. The van der Waals surface area contributed by atoms with Crippen LogP contribution in [-0.4, -0.2) is 43.1 Å². The van der Waals surface area contributed by atoms with Crippen LogP contribution in [0.1, 0.15) is 27.2 Å². The molecule has 1 aromatic rings. The van der Waals surface area contributed by atoms with E-state index in [-0.39, 0.29) is 23.4 Å². The predicted molar refractivity (Wildman–Crippen MR) is 94.0 cm³/mol. The number of nitrogens with one attached hydrogen (secondary N) is 1. The van der Waals surface area contributed by atoms with Crippen molar-refractivity contribution in [1.82, 2.24) is 4.90 Å². The molecular formula is C17H26ClN3O2. The van der Waals surface area contributed by atoms with Crippen molar-refractivity contribution in [2.75, 3.05) is 25.5 Å². The summed E-state index contributed by atoms with van der Waals surface area (Å²) in [5, 5.41) is 3.47. The summed E-state index contributed by atoms with van der Waals surface area (Å²) in [6.45, 7) is 7.84. The van der Waals surface area contributed by atoms with Crippen molar-refractivity contribution in [3.05, 3.63) is 23.2 Å². The van der Waals surface area contributed by atoms with Crippen LogP contribution >= 0.6 is 11.6 Å². The highest BCUT2D eigenvalue weighted by Crippen LogP contribution is 2.30. The number of anilines is 1. The van der Waals surface area contributed by atoms with Gasteiger partial charge in [-0.3, -0.25) is 9.69 Å². The zero-order chi connectivity index (χ0) is 17.2. The molecule has 1 aromatic carbocycles. The number of rotatable bonds is 4. The number of amides is 1. The predicted octanol–water partition coefficient (Wildman–Crippen LogP) is 2.73. The molecule has 1 saturated heterocycles. The summed E-state index contributed by atoms with van der Waals surface area (Å²) in [5.74, 6) is 0.521. The smallest absolute Gasteiger partial charge is 0.241 e. The zero-order valence-electron chi connectivity index (χ0n) is 14.2. The first-order valence-corrected chi connectivity index (χ1v) is 8.26. The van der Waals surface area contributed by atoms with Gasteiger partial charge in [-0.1, -0.05) is 25.4 Å². The van der Waals surface area contributed by atoms with Crippen molar-refractivity contribution < 1.29 is 9.53 Å². The van der Waals surface area contributed by atoms with E-state index in [1.54, 1.807) is 25.3 Å². The second-order valence-electron chi connectivity index (χ2n) is 6.86. The van der Waals surface area contributed by atoms with Crippen LogP contribution < -0.4 is 15.8 Å². The van der Waals surface area contributed by atoms with Gasteiger partial charge in [-0.05, 0) is 37.0 Å². The van der Waals surface area contributed by atoms with Crippen molar-refractivity contribution in [2.45, 2.75) is 39.3 Å². The second kappa shape index (κ2) is 7.07. The first kappa shape index (κ1) is 18.0. The maximum absolute atomic E-state index is 12.6. The second-order valence-corrected chi connectivity index (χ2v) is 7.30. The van der Waals surface area contributed by atoms with E-state index in [4.69, 9.17) is 22.1 Å². The number of methoxy groups -OCH3 is 1. The van der Waals surface area contributed by atoms with Gasteiger partial charge in [-0.2, -0.15) is 0 Å². The van der Waals surface area contributed by atoms with Gasteiger partial charge in [0.2, 0.25) is 5.91 Å². The fraction of sp³-hybridized carbons (Fsp3) is 0.588. The van der Waals surface area contributed by atoms with Gasteiger partial charge in [0.05, 0.1) is 18.8 Å². The number of ether oxygens (including phenoxy) is 1. The molecular weight excluding hydrogens is 314 g/mol. The Balaban J connectivity index is 2.07. The summed E-state index contributed by atoms with van der Waals surface area (Å²) in [7, 11) is 1.57. The Kier molecular flexibility index (Phi) is 5.55. The van der Waals surface area contributed by atoms with E-state index in [2.05, 4.69) is 24.1 Å². The highest BCUT2D eigenvalue weighted by Gasteiger charge is 2.36. The summed E-state index contributed by atoms with van der Waals surface area (Å²) < 4.78 is 5.27. The van der Waals surface area contributed by atoms with E-state index in [0.717, 1.165) is 19.5 Å². The summed E-state index contributed by atoms with van der Waals surface area (Å²) in [5.41, 5.74) is 6.76. The molecule has 0 bridgehead atoms. The van der Waals surface area contributed by atoms with Crippen LogP contribution in [0.5, 0.6) is 5.75 Å². The minimum atomic E-state index is -0.245. The SMILES string of the molecule is COc1ccc(Cl)cc1NC(=O)C(C)N1CCC(N)C(C)(C)C1.